The lowest BCUT2D eigenvalue weighted by atomic mass is 10.1. The lowest BCUT2D eigenvalue weighted by molar-refractivity contribution is -0.148. The molecule has 1 heterocycles. The van der Waals surface area contributed by atoms with Gasteiger partial charge in [0.1, 0.15) is 0 Å². The lowest BCUT2D eigenvalue weighted by Gasteiger charge is -2.04. The molecule has 0 bridgehead atoms. The maximum atomic E-state index is 11.8. The molecule has 6 heteroatoms. The van der Waals surface area contributed by atoms with E-state index in [0.717, 1.165) is 24.1 Å². The first-order valence-electron chi connectivity index (χ1n) is 8.08. The third-order valence-corrected chi connectivity index (χ3v) is 4.92. The Hall–Kier alpha value is -2.21. The van der Waals surface area contributed by atoms with Gasteiger partial charge in [0.25, 0.3) is 5.91 Å². The number of nitrogens with zero attached hydrogens (tertiary/aromatic N) is 1. The van der Waals surface area contributed by atoms with Crippen LogP contribution in [0.1, 0.15) is 25.8 Å². The van der Waals surface area contributed by atoms with E-state index in [-0.39, 0.29) is 24.4 Å². The van der Waals surface area contributed by atoms with Gasteiger partial charge in [0.15, 0.2) is 11.7 Å². The summed E-state index contributed by atoms with van der Waals surface area (Å²) in [6.07, 6.45) is 1.85. The normalized spacial score (nSPS) is 18.9. The van der Waals surface area contributed by atoms with Crippen molar-refractivity contribution in [2.45, 2.75) is 26.7 Å². The van der Waals surface area contributed by atoms with Gasteiger partial charge in [-0.15, -0.1) is 11.3 Å². The number of rotatable bonds is 6. The smallest absolute Gasteiger partial charge is 0.309 e. The van der Waals surface area contributed by atoms with Gasteiger partial charge < -0.3 is 4.74 Å². The van der Waals surface area contributed by atoms with Crippen molar-refractivity contribution in [3.05, 3.63) is 35.2 Å². The Kier molecular flexibility index (Phi) is 4.94. The highest BCUT2D eigenvalue weighted by Gasteiger charge is 2.40. The van der Waals surface area contributed by atoms with E-state index in [1.54, 1.807) is 0 Å². The number of carbonyl (C=O) groups excluding carboxylic acids is 2. The highest BCUT2D eigenvalue weighted by atomic mass is 32.1. The third kappa shape index (κ3) is 4.00. The average Bonchev–Trinajstić information content (AvgIpc) is 3.15. The zero-order valence-electron chi connectivity index (χ0n) is 13.7. The summed E-state index contributed by atoms with van der Waals surface area (Å²) < 4.78 is 5.01. The minimum Gasteiger partial charge on any atom is -0.455 e. The highest BCUT2D eigenvalue weighted by molar-refractivity contribution is 7.14. The van der Waals surface area contributed by atoms with Crippen LogP contribution in [0.25, 0.3) is 11.3 Å². The molecular formula is C18H20N2O3S. The van der Waals surface area contributed by atoms with Crippen LogP contribution in [0.15, 0.2) is 29.6 Å². The number of esters is 1. The second kappa shape index (κ2) is 7.13. The van der Waals surface area contributed by atoms with E-state index in [9.17, 15) is 9.59 Å². The van der Waals surface area contributed by atoms with Gasteiger partial charge in [-0.05, 0) is 24.3 Å². The van der Waals surface area contributed by atoms with E-state index >= 15 is 0 Å². The van der Waals surface area contributed by atoms with Crippen LogP contribution in [-0.2, 0) is 20.7 Å². The molecule has 0 radical (unpaired) electrons. The molecule has 3 rings (SSSR count). The van der Waals surface area contributed by atoms with Crippen LogP contribution in [0.2, 0.25) is 0 Å². The molecule has 1 aliphatic carbocycles. The van der Waals surface area contributed by atoms with E-state index in [2.05, 4.69) is 29.4 Å². The van der Waals surface area contributed by atoms with Gasteiger partial charge in [-0.2, -0.15) is 0 Å². The fourth-order valence-corrected chi connectivity index (χ4v) is 3.16. The molecule has 1 aromatic heterocycles. The van der Waals surface area contributed by atoms with Gasteiger partial charge in [0.2, 0.25) is 0 Å². The highest BCUT2D eigenvalue weighted by Crippen LogP contribution is 2.38. The summed E-state index contributed by atoms with van der Waals surface area (Å²) in [5, 5.41) is 5.07. The molecule has 2 unspecified atom stereocenters. The van der Waals surface area contributed by atoms with Gasteiger partial charge in [-0.25, -0.2) is 4.98 Å². The van der Waals surface area contributed by atoms with Crippen LogP contribution in [0.4, 0.5) is 5.13 Å². The molecule has 126 valence electrons. The van der Waals surface area contributed by atoms with Crippen LogP contribution in [0.5, 0.6) is 0 Å². The predicted molar refractivity (Wildman–Crippen MR) is 93.8 cm³/mol. The molecule has 1 amide bonds. The van der Waals surface area contributed by atoms with Crippen molar-refractivity contribution in [3.63, 3.8) is 0 Å². The molecular weight excluding hydrogens is 324 g/mol. The summed E-state index contributed by atoms with van der Waals surface area (Å²) >= 11 is 1.35. The Morgan fingerprint density at radius 1 is 1.33 bits per heavy atom. The number of thiazole rings is 1. The van der Waals surface area contributed by atoms with Crippen molar-refractivity contribution in [2.24, 2.45) is 11.8 Å². The van der Waals surface area contributed by atoms with Crippen molar-refractivity contribution >= 4 is 28.3 Å². The number of amides is 1. The van der Waals surface area contributed by atoms with Crippen LogP contribution >= 0.6 is 11.3 Å². The number of nitrogens with one attached hydrogen (secondary N) is 1. The Morgan fingerprint density at radius 2 is 2.04 bits per heavy atom. The minimum atomic E-state index is -0.362. The first-order chi connectivity index (χ1) is 11.6. The van der Waals surface area contributed by atoms with E-state index in [1.807, 2.05) is 24.4 Å². The number of ether oxygens (including phenoxy) is 1. The maximum Gasteiger partial charge on any atom is 0.309 e. The van der Waals surface area contributed by atoms with E-state index in [4.69, 9.17) is 4.74 Å². The number of hydrogen-bond acceptors (Lipinski definition) is 5. The summed E-state index contributed by atoms with van der Waals surface area (Å²) in [6.45, 7) is 3.85. The third-order valence-electron chi connectivity index (χ3n) is 4.17. The van der Waals surface area contributed by atoms with E-state index in [1.165, 1.54) is 16.9 Å². The fraction of sp³-hybridized carbons (Fsp3) is 0.389. The predicted octanol–water partition coefficient (Wildman–Crippen LogP) is 3.51. The van der Waals surface area contributed by atoms with Gasteiger partial charge in [-0.3, -0.25) is 14.9 Å². The first-order valence-corrected chi connectivity index (χ1v) is 8.96. The Morgan fingerprint density at radius 3 is 2.67 bits per heavy atom. The molecule has 1 aliphatic rings. The molecule has 24 heavy (non-hydrogen) atoms. The van der Waals surface area contributed by atoms with Crippen LogP contribution in [-0.4, -0.2) is 23.5 Å². The molecule has 0 spiro atoms. The van der Waals surface area contributed by atoms with Crippen LogP contribution in [0, 0.1) is 11.8 Å². The van der Waals surface area contributed by atoms with Crippen molar-refractivity contribution < 1.29 is 14.3 Å². The molecule has 1 fully saturated rings. The number of hydrogen-bond donors (Lipinski definition) is 1. The zero-order valence-corrected chi connectivity index (χ0v) is 14.6. The lowest BCUT2D eigenvalue weighted by Crippen LogP contribution is -2.21. The monoisotopic (exact) mass is 344 g/mol. The van der Waals surface area contributed by atoms with Gasteiger partial charge in [0.05, 0.1) is 11.6 Å². The molecule has 1 N–H and O–H groups in total. The molecule has 1 aromatic carbocycles. The topological polar surface area (TPSA) is 68.3 Å². The second-order valence-electron chi connectivity index (χ2n) is 6.06. The number of benzene rings is 1. The van der Waals surface area contributed by atoms with Crippen molar-refractivity contribution in [2.75, 3.05) is 11.9 Å². The van der Waals surface area contributed by atoms with Crippen molar-refractivity contribution in [1.29, 1.82) is 0 Å². The Bertz CT molecular complexity index is 739. The molecule has 5 nitrogen and oxygen atoms in total. The quantitative estimate of drug-likeness (QED) is 0.814. The summed E-state index contributed by atoms with van der Waals surface area (Å²) in [5.74, 6) is -0.302. The Balaban J connectivity index is 1.53. The number of aromatic nitrogens is 1. The van der Waals surface area contributed by atoms with Gasteiger partial charge >= 0.3 is 5.97 Å². The standard InChI is InChI=1S/C18H20N2O3S/c1-3-12-4-6-13(7-5-12)15-10-24-18(19-15)20-16(21)9-23-17(22)14-8-11(14)2/h4-7,10-11,14H,3,8-9H2,1-2H3,(H,19,20,21). The maximum absolute atomic E-state index is 11.8. The number of carbonyl (C=O) groups is 2. The molecule has 2 aromatic rings. The number of aryl methyl sites for hydroxylation is 1. The van der Waals surface area contributed by atoms with E-state index < -0.39 is 0 Å². The van der Waals surface area contributed by atoms with Crippen molar-refractivity contribution in [1.82, 2.24) is 4.98 Å². The zero-order chi connectivity index (χ0) is 17.1. The average molecular weight is 344 g/mol. The van der Waals surface area contributed by atoms with Crippen LogP contribution < -0.4 is 5.32 Å². The van der Waals surface area contributed by atoms with Gasteiger partial charge in [0, 0.05) is 10.9 Å². The van der Waals surface area contributed by atoms with E-state index in [0.29, 0.717) is 11.0 Å². The second-order valence-corrected chi connectivity index (χ2v) is 6.92. The Labute approximate surface area is 145 Å². The molecule has 0 aliphatic heterocycles. The number of anilines is 1. The summed E-state index contributed by atoms with van der Waals surface area (Å²) in [7, 11) is 0. The molecule has 2 atom stereocenters. The summed E-state index contributed by atoms with van der Waals surface area (Å²) in [6, 6.07) is 8.20. The summed E-state index contributed by atoms with van der Waals surface area (Å²) in [4.78, 5) is 27.9. The van der Waals surface area contributed by atoms with Crippen LogP contribution in [0.3, 0.4) is 0 Å². The largest absolute Gasteiger partial charge is 0.455 e. The SMILES string of the molecule is CCc1ccc(-c2csc(NC(=O)COC(=O)C3CC3C)n2)cc1. The first kappa shape index (κ1) is 16.6. The summed E-state index contributed by atoms with van der Waals surface area (Å²) in [5.41, 5.74) is 3.11. The fourth-order valence-electron chi connectivity index (χ4n) is 2.42. The van der Waals surface area contributed by atoms with Crippen molar-refractivity contribution in [3.8, 4) is 11.3 Å². The molecule has 1 saturated carbocycles. The molecule has 0 saturated heterocycles. The van der Waals surface area contributed by atoms with Gasteiger partial charge in [-0.1, -0.05) is 38.1 Å². The minimum absolute atomic E-state index is 0.0321.